The topological polar surface area (TPSA) is 29.5 Å². The van der Waals surface area contributed by atoms with Crippen LogP contribution < -0.4 is 0 Å². The van der Waals surface area contributed by atoms with E-state index in [9.17, 15) is 4.79 Å². The van der Waals surface area contributed by atoms with Gasteiger partial charge in [-0.05, 0) is 56.8 Å². The summed E-state index contributed by atoms with van der Waals surface area (Å²) in [5.41, 5.74) is 2.22. The van der Waals surface area contributed by atoms with Crippen molar-refractivity contribution in [1.82, 2.24) is 4.90 Å². The zero-order valence-electron chi connectivity index (χ0n) is 14.6. The molecular weight excluding hydrogens is 354 g/mol. The van der Waals surface area contributed by atoms with E-state index in [1.165, 1.54) is 18.4 Å². The highest BCUT2D eigenvalue weighted by Gasteiger charge is 2.28. The summed E-state index contributed by atoms with van der Waals surface area (Å²) in [6.45, 7) is 10.7. The number of halogens is 1. The molecule has 0 aromatic heterocycles. The number of hydrogen-bond donors (Lipinski definition) is 0. The van der Waals surface area contributed by atoms with Crippen LogP contribution in [0.2, 0.25) is 0 Å². The second kappa shape index (κ2) is 8.29. The van der Waals surface area contributed by atoms with E-state index in [4.69, 9.17) is 4.74 Å². The lowest BCUT2D eigenvalue weighted by Gasteiger charge is -2.29. The Balaban J connectivity index is 1.93. The molecule has 4 heteroatoms. The number of carbonyl (C=O) groups excluding carboxylic acids is 1. The Morgan fingerprint density at radius 1 is 1.04 bits per heavy atom. The maximum absolute atomic E-state index is 12.4. The highest BCUT2D eigenvalue weighted by Crippen LogP contribution is 2.27. The Labute approximate surface area is 148 Å². The molecule has 3 unspecified atom stereocenters. The van der Waals surface area contributed by atoms with Gasteiger partial charge in [0.2, 0.25) is 0 Å². The first-order valence-corrected chi connectivity index (χ1v) is 9.50. The van der Waals surface area contributed by atoms with Gasteiger partial charge in [0.05, 0.1) is 0 Å². The van der Waals surface area contributed by atoms with E-state index in [2.05, 4.69) is 53.7 Å². The first kappa shape index (κ1) is 18.5. The van der Waals surface area contributed by atoms with Gasteiger partial charge in [-0.25, -0.2) is 0 Å². The van der Waals surface area contributed by atoms with Crippen molar-refractivity contribution in [2.75, 3.05) is 13.1 Å². The molecule has 3 nitrogen and oxygen atoms in total. The molecule has 0 amide bonds. The third-order valence-electron chi connectivity index (χ3n) is 4.80. The number of alkyl halides is 1. The molecule has 0 radical (unpaired) electrons. The van der Waals surface area contributed by atoms with E-state index >= 15 is 0 Å². The van der Waals surface area contributed by atoms with Gasteiger partial charge in [0, 0.05) is 6.04 Å². The third-order valence-corrected chi connectivity index (χ3v) is 5.70. The minimum atomic E-state index is -0.406. The molecule has 1 aromatic carbocycles. The maximum Gasteiger partial charge on any atom is 0.324 e. The van der Waals surface area contributed by atoms with Gasteiger partial charge in [-0.2, -0.15) is 0 Å². The summed E-state index contributed by atoms with van der Waals surface area (Å²) in [7, 11) is 0. The summed E-state index contributed by atoms with van der Waals surface area (Å²) in [5, 5.41) is 0. The number of rotatable bonds is 6. The van der Waals surface area contributed by atoms with Gasteiger partial charge in [0.1, 0.15) is 10.9 Å². The summed E-state index contributed by atoms with van der Waals surface area (Å²) in [6.07, 6.45) is 2.39. The number of hydrogen-bond acceptors (Lipinski definition) is 3. The van der Waals surface area contributed by atoms with Crippen LogP contribution >= 0.6 is 15.9 Å². The predicted molar refractivity (Wildman–Crippen MR) is 98.0 cm³/mol. The Hall–Kier alpha value is -0.870. The van der Waals surface area contributed by atoms with Crippen molar-refractivity contribution in [2.45, 2.75) is 63.4 Å². The Bertz CT molecular complexity index is 509. The number of carbonyl (C=O) groups is 1. The number of ether oxygens (including phenoxy) is 1. The van der Waals surface area contributed by atoms with E-state index in [0.717, 1.165) is 18.7 Å². The molecule has 2 rings (SSSR count). The standard InChI is InChI=1S/C19H28BrNO2/c1-13(2)16-7-9-17(10-8-16)18(20)19(22)23-15(4)14(3)21-11-5-6-12-21/h7-10,13-15,18H,5-6,11-12H2,1-4H3. The normalized spacial score (nSPS) is 19.6. The van der Waals surface area contributed by atoms with Crippen molar-refractivity contribution in [3.8, 4) is 0 Å². The quantitative estimate of drug-likeness (QED) is 0.529. The smallest absolute Gasteiger partial charge is 0.324 e. The zero-order chi connectivity index (χ0) is 17.0. The second-order valence-corrected chi connectivity index (χ2v) is 7.73. The van der Waals surface area contributed by atoms with Crippen LogP contribution in [-0.2, 0) is 9.53 Å². The number of esters is 1. The number of likely N-dealkylation sites (tertiary alicyclic amines) is 1. The molecule has 1 fully saturated rings. The van der Waals surface area contributed by atoms with Crippen LogP contribution in [0.1, 0.15) is 62.4 Å². The van der Waals surface area contributed by atoms with Crippen LogP contribution in [0.4, 0.5) is 0 Å². The van der Waals surface area contributed by atoms with Crippen LogP contribution in [0.3, 0.4) is 0 Å². The lowest BCUT2D eigenvalue weighted by Crippen LogP contribution is -2.40. The van der Waals surface area contributed by atoms with Crippen LogP contribution in [0.15, 0.2) is 24.3 Å². The molecule has 1 aliphatic rings. The SMILES string of the molecule is CC(C)c1ccc(C(Br)C(=O)OC(C)C(C)N2CCCC2)cc1. The lowest BCUT2D eigenvalue weighted by molar-refractivity contribution is -0.150. The lowest BCUT2D eigenvalue weighted by atomic mass is 10.0. The summed E-state index contributed by atoms with van der Waals surface area (Å²) in [4.78, 5) is 14.4. The first-order chi connectivity index (χ1) is 10.9. The van der Waals surface area contributed by atoms with Gasteiger partial charge in [-0.15, -0.1) is 0 Å². The summed E-state index contributed by atoms with van der Waals surface area (Å²) in [6, 6.07) is 8.44. The third kappa shape index (κ3) is 4.80. The molecule has 0 saturated carbocycles. The summed E-state index contributed by atoms with van der Waals surface area (Å²) >= 11 is 3.49. The minimum Gasteiger partial charge on any atom is -0.460 e. The van der Waals surface area contributed by atoms with Crippen molar-refractivity contribution < 1.29 is 9.53 Å². The van der Waals surface area contributed by atoms with E-state index in [-0.39, 0.29) is 18.1 Å². The van der Waals surface area contributed by atoms with Crippen LogP contribution in [-0.4, -0.2) is 36.1 Å². The molecule has 1 aliphatic heterocycles. The van der Waals surface area contributed by atoms with Gasteiger partial charge in [0.15, 0.2) is 0 Å². The summed E-state index contributed by atoms with van der Waals surface area (Å²) < 4.78 is 5.69. The zero-order valence-corrected chi connectivity index (χ0v) is 16.2. The van der Waals surface area contributed by atoms with Gasteiger partial charge >= 0.3 is 5.97 Å². The van der Waals surface area contributed by atoms with Crippen molar-refractivity contribution >= 4 is 21.9 Å². The molecule has 0 aliphatic carbocycles. The molecule has 0 N–H and O–H groups in total. The first-order valence-electron chi connectivity index (χ1n) is 8.58. The Morgan fingerprint density at radius 2 is 1.57 bits per heavy atom. The van der Waals surface area contributed by atoms with Crippen molar-refractivity contribution in [3.05, 3.63) is 35.4 Å². The largest absolute Gasteiger partial charge is 0.460 e. The molecule has 1 heterocycles. The fourth-order valence-electron chi connectivity index (χ4n) is 2.97. The highest BCUT2D eigenvalue weighted by atomic mass is 79.9. The highest BCUT2D eigenvalue weighted by molar-refractivity contribution is 9.09. The van der Waals surface area contributed by atoms with E-state index in [1.54, 1.807) is 0 Å². The van der Waals surface area contributed by atoms with Crippen molar-refractivity contribution in [1.29, 1.82) is 0 Å². The fraction of sp³-hybridized carbons (Fsp3) is 0.632. The van der Waals surface area contributed by atoms with Gasteiger partial charge in [-0.3, -0.25) is 9.69 Å². The molecule has 23 heavy (non-hydrogen) atoms. The van der Waals surface area contributed by atoms with Gasteiger partial charge in [-0.1, -0.05) is 54.0 Å². The van der Waals surface area contributed by atoms with Crippen molar-refractivity contribution in [2.24, 2.45) is 0 Å². The molecule has 1 saturated heterocycles. The predicted octanol–water partition coefficient (Wildman–Crippen LogP) is 4.66. The maximum atomic E-state index is 12.4. The summed E-state index contributed by atoms with van der Waals surface area (Å²) in [5.74, 6) is 0.284. The molecule has 3 atom stereocenters. The fourth-order valence-corrected chi connectivity index (χ4v) is 3.39. The molecule has 1 aromatic rings. The molecule has 128 valence electrons. The van der Waals surface area contributed by atoms with Gasteiger partial charge < -0.3 is 4.74 Å². The molecule has 0 bridgehead atoms. The van der Waals surface area contributed by atoms with E-state index in [0.29, 0.717) is 5.92 Å². The monoisotopic (exact) mass is 381 g/mol. The average Bonchev–Trinajstić information content (AvgIpc) is 3.07. The van der Waals surface area contributed by atoms with Crippen LogP contribution in [0.25, 0.3) is 0 Å². The van der Waals surface area contributed by atoms with Gasteiger partial charge in [0.25, 0.3) is 0 Å². The molecule has 0 spiro atoms. The van der Waals surface area contributed by atoms with Crippen molar-refractivity contribution in [3.63, 3.8) is 0 Å². The average molecular weight is 382 g/mol. The number of benzene rings is 1. The van der Waals surface area contributed by atoms with E-state index in [1.807, 2.05) is 19.1 Å². The van der Waals surface area contributed by atoms with Crippen LogP contribution in [0.5, 0.6) is 0 Å². The number of nitrogens with zero attached hydrogens (tertiary/aromatic N) is 1. The minimum absolute atomic E-state index is 0.101. The van der Waals surface area contributed by atoms with E-state index < -0.39 is 4.83 Å². The second-order valence-electron chi connectivity index (χ2n) is 6.81. The van der Waals surface area contributed by atoms with Crippen LogP contribution in [0, 0.1) is 0 Å². The Kier molecular flexibility index (Phi) is 6.66. The molecular formula is C19H28BrNO2. The Morgan fingerprint density at radius 3 is 2.09 bits per heavy atom.